The second kappa shape index (κ2) is 9.84. The molecule has 0 atom stereocenters. The predicted molar refractivity (Wildman–Crippen MR) is 84.5 cm³/mol. The number of hydrogen-bond donors (Lipinski definition) is 2. The van der Waals surface area contributed by atoms with Crippen LogP contribution >= 0.6 is 11.6 Å². The maximum atomic E-state index is 11.9. The lowest BCUT2D eigenvalue weighted by molar-refractivity contribution is -0.117. The van der Waals surface area contributed by atoms with E-state index in [0.717, 1.165) is 31.4 Å². The van der Waals surface area contributed by atoms with Gasteiger partial charge in [0.05, 0.1) is 0 Å². The van der Waals surface area contributed by atoms with Crippen LogP contribution in [-0.4, -0.2) is 12.5 Å². The molecule has 5 heteroatoms. The van der Waals surface area contributed by atoms with Crippen LogP contribution in [0.2, 0.25) is 5.02 Å². The summed E-state index contributed by atoms with van der Waals surface area (Å²) in [6, 6.07) is 9.10. The molecule has 21 heavy (non-hydrogen) atoms. The SMILES string of the molecule is CCCCCN/C=C(/C#N)C(=O)NCc1ccc(Cl)cc1. The number of carbonyl (C=O) groups is 1. The average molecular weight is 306 g/mol. The lowest BCUT2D eigenvalue weighted by Gasteiger charge is -2.05. The van der Waals surface area contributed by atoms with Crippen molar-refractivity contribution in [2.75, 3.05) is 6.54 Å². The summed E-state index contributed by atoms with van der Waals surface area (Å²) in [5.74, 6) is -0.379. The van der Waals surface area contributed by atoms with Crippen LogP contribution in [0.4, 0.5) is 0 Å². The molecule has 1 amide bonds. The molecule has 0 saturated carbocycles. The molecular formula is C16H20ClN3O. The van der Waals surface area contributed by atoms with Crippen molar-refractivity contribution >= 4 is 17.5 Å². The average Bonchev–Trinajstić information content (AvgIpc) is 2.50. The quantitative estimate of drug-likeness (QED) is 0.440. The van der Waals surface area contributed by atoms with Gasteiger partial charge in [0.15, 0.2) is 0 Å². The monoisotopic (exact) mass is 305 g/mol. The number of unbranched alkanes of at least 4 members (excludes halogenated alkanes) is 2. The minimum Gasteiger partial charge on any atom is -0.390 e. The van der Waals surface area contributed by atoms with Crippen LogP contribution < -0.4 is 10.6 Å². The summed E-state index contributed by atoms with van der Waals surface area (Å²) in [5, 5.41) is 15.4. The van der Waals surface area contributed by atoms with E-state index in [1.165, 1.54) is 6.20 Å². The van der Waals surface area contributed by atoms with Gasteiger partial charge in [-0.1, -0.05) is 43.5 Å². The van der Waals surface area contributed by atoms with Gasteiger partial charge in [0, 0.05) is 24.3 Å². The molecule has 0 unspecified atom stereocenters. The van der Waals surface area contributed by atoms with E-state index in [4.69, 9.17) is 16.9 Å². The van der Waals surface area contributed by atoms with Gasteiger partial charge in [-0.2, -0.15) is 5.26 Å². The Labute approximate surface area is 130 Å². The molecule has 0 aliphatic heterocycles. The molecule has 0 heterocycles. The van der Waals surface area contributed by atoms with Crippen molar-refractivity contribution in [3.8, 4) is 6.07 Å². The van der Waals surface area contributed by atoms with Crippen LogP contribution in [0.25, 0.3) is 0 Å². The minimum absolute atomic E-state index is 0.0838. The zero-order valence-corrected chi connectivity index (χ0v) is 12.9. The summed E-state index contributed by atoms with van der Waals surface area (Å²) in [6.45, 7) is 3.26. The number of benzene rings is 1. The van der Waals surface area contributed by atoms with Gasteiger partial charge in [-0.3, -0.25) is 4.79 Å². The fraction of sp³-hybridized carbons (Fsp3) is 0.375. The highest BCUT2D eigenvalue weighted by Crippen LogP contribution is 2.09. The van der Waals surface area contributed by atoms with Crippen LogP contribution in [0.15, 0.2) is 36.0 Å². The number of halogens is 1. The number of hydrogen-bond acceptors (Lipinski definition) is 3. The molecule has 0 spiro atoms. The number of carbonyl (C=O) groups excluding carboxylic acids is 1. The van der Waals surface area contributed by atoms with E-state index in [2.05, 4.69) is 17.6 Å². The minimum atomic E-state index is -0.379. The van der Waals surface area contributed by atoms with Gasteiger partial charge in [0.25, 0.3) is 5.91 Å². The molecule has 0 bridgehead atoms. The summed E-state index contributed by atoms with van der Waals surface area (Å²) in [6.07, 6.45) is 4.77. The fourth-order valence-corrected chi connectivity index (χ4v) is 1.81. The molecule has 2 N–H and O–H groups in total. The Bertz CT molecular complexity index is 517. The maximum absolute atomic E-state index is 11.9. The number of nitrogens with one attached hydrogen (secondary N) is 2. The Balaban J connectivity index is 2.42. The molecule has 0 aliphatic carbocycles. The maximum Gasteiger partial charge on any atom is 0.263 e. The van der Waals surface area contributed by atoms with Crippen LogP contribution in [0.1, 0.15) is 31.7 Å². The van der Waals surface area contributed by atoms with Crippen LogP contribution in [0.5, 0.6) is 0 Å². The van der Waals surface area contributed by atoms with Crippen molar-refractivity contribution in [2.24, 2.45) is 0 Å². The number of amides is 1. The zero-order chi connectivity index (χ0) is 15.5. The Morgan fingerprint density at radius 2 is 2.05 bits per heavy atom. The van der Waals surface area contributed by atoms with Crippen molar-refractivity contribution in [3.05, 3.63) is 46.6 Å². The summed E-state index contributed by atoms with van der Waals surface area (Å²) < 4.78 is 0. The highest BCUT2D eigenvalue weighted by Gasteiger charge is 2.07. The van der Waals surface area contributed by atoms with Crippen molar-refractivity contribution in [1.82, 2.24) is 10.6 Å². The predicted octanol–water partition coefficient (Wildman–Crippen LogP) is 3.14. The molecule has 0 aliphatic rings. The van der Waals surface area contributed by atoms with E-state index in [1.54, 1.807) is 12.1 Å². The normalized spacial score (nSPS) is 10.8. The third-order valence-electron chi connectivity index (χ3n) is 2.90. The van der Waals surface area contributed by atoms with Crippen molar-refractivity contribution < 1.29 is 4.79 Å². The van der Waals surface area contributed by atoms with Crippen molar-refractivity contribution in [2.45, 2.75) is 32.7 Å². The molecule has 0 saturated heterocycles. The summed E-state index contributed by atoms with van der Waals surface area (Å²) >= 11 is 5.79. The first-order chi connectivity index (χ1) is 10.2. The van der Waals surface area contributed by atoms with E-state index in [-0.39, 0.29) is 11.5 Å². The van der Waals surface area contributed by atoms with E-state index < -0.39 is 0 Å². The topological polar surface area (TPSA) is 64.9 Å². The zero-order valence-electron chi connectivity index (χ0n) is 12.2. The van der Waals surface area contributed by atoms with Gasteiger partial charge >= 0.3 is 0 Å². The number of rotatable bonds is 8. The molecule has 112 valence electrons. The third-order valence-corrected chi connectivity index (χ3v) is 3.15. The fourth-order valence-electron chi connectivity index (χ4n) is 1.68. The number of nitrogens with zero attached hydrogens (tertiary/aromatic N) is 1. The molecular weight excluding hydrogens is 286 g/mol. The van der Waals surface area contributed by atoms with Gasteiger partial charge in [0.2, 0.25) is 0 Å². The Morgan fingerprint density at radius 3 is 2.67 bits per heavy atom. The van der Waals surface area contributed by atoms with Crippen LogP contribution in [0, 0.1) is 11.3 Å². The standard InChI is InChI=1S/C16H20ClN3O/c1-2-3-4-9-19-12-14(10-18)16(21)20-11-13-5-7-15(17)8-6-13/h5-8,12,19H,2-4,9,11H2,1H3,(H,20,21)/b14-12-. The van der Waals surface area contributed by atoms with E-state index in [0.29, 0.717) is 11.6 Å². The second-order valence-electron chi connectivity index (χ2n) is 4.64. The molecule has 0 radical (unpaired) electrons. The molecule has 0 fully saturated rings. The van der Waals surface area contributed by atoms with Gasteiger partial charge in [-0.25, -0.2) is 0 Å². The van der Waals surface area contributed by atoms with Crippen LogP contribution in [0.3, 0.4) is 0 Å². The van der Waals surface area contributed by atoms with E-state index in [1.807, 2.05) is 18.2 Å². The molecule has 0 aromatic heterocycles. The van der Waals surface area contributed by atoms with Gasteiger partial charge in [-0.05, 0) is 24.1 Å². The highest BCUT2D eigenvalue weighted by atomic mass is 35.5. The Hall–Kier alpha value is -1.99. The Morgan fingerprint density at radius 1 is 1.33 bits per heavy atom. The summed E-state index contributed by atoms with van der Waals surface area (Å²) in [5.41, 5.74) is 1.02. The van der Waals surface area contributed by atoms with Gasteiger partial charge in [-0.15, -0.1) is 0 Å². The first-order valence-electron chi connectivity index (χ1n) is 7.03. The van der Waals surface area contributed by atoms with Gasteiger partial charge in [0.1, 0.15) is 11.6 Å². The van der Waals surface area contributed by atoms with E-state index >= 15 is 0 Å². The third kappa shape index (κ3) is 6.82. The van der Waals surface area contributed by atoms with Crippen molar-refractivity contribution in [3.63, 3.8) is 0 Å². The van der Waals surface area contributed by atoms with E-state index in [9.17, 15) is 4.79 Å². The number of nitriles is 1. The largest absolute Gasteiger partial charge is 0.390 e. The highest BCUT2D eigenvalue weighted by molar-refractivity contribution is 6.30. The van der Waals surface area contributed by atoms with Crippen LogP contribution in [-0.2, 0) is 11.3 Å². The first kappa shape index (κ1) is 17.1. The Kier molecular flexibility index (Phi) is 8.00. The first-order valence-corrected chi connectivity index (χ1v) is 7.41. The molecule has 1 aromatic rings. The van der Waals surface area contributed by atoms with Gasteiger partial charge < -0.3 is 10.6 Å². The summed E-state index contributed by atoms with van der Waals surface area (Å²) in [4.78, 5) is 11.9. The second-order valence-corrected chi connectivity index (χ2v) is 5.08. The molecule has 1 aromatic carbocycles. The lowest BCUT2D eigenvalue weighted by Crippen LogP contribution is -2.25. The lowest BCUT2D eigenvalue weighted by atomic mass is 10.2. The summed E-state index contributed by atoms with van der Waals surface area (Å²) in [7, 11) is 0. The molecule has 1 rings (SSSR count). The smallest absolute Gasteiger partial charge is 0.263 e. The molecule has 4 nitrogen and oxygen atoms in total. The van der Waals surface area contributed by atoms with Crippen molar-refractivity contribution in [1.29, 1.82) is 5.26 Å².